The fraction of sp³-hybridized carbons (Fsp3) is 0.286. The van der Waals surface area contributed by atoms with Gasteiger partial charge in [-0.2, -0.15) is 18.0 Å². The molecule has 3 aromatic rings. The highest BCUT2D eigenvalue weighted by atomic mass is 19.4. The molecule has 7 nitrogen and oxygen atoms in total. The topological polar surface area (TPSA) is 81.0 Å². The number of fused-ring (bicyclic) bond motifs is 1. The van der Waals surface area contributed by atoms with Gasteiger partial charge in [-0.25, -0.2) is 0 Å². The highest BCUT2D eigenvalue weighted by Crippen LogP contribution is 2.32. The molecule has 0 N–H and O–H groups in total. The summed E-state index contributed by atoms with van der Waals surface area (Å²) in [5, 5.41) is 11.8. The number of hydrogen-bond donors (Lipinski definition) is 0. The number of ketones is 1. The Kier molecular flexibility index (Phi) is 5.08. The van der Waals surface area contributed by atoms with Crippen molar-refractivity contribution < 1.29 is 22.8 Å². The summed E-state index contributed by atoms with van der Waals surface area (Å²) in [5.41, 5.74) is 1.48. The van der Waals surface area contributed by atoms with Gasteiger partial charge in [-0.05, 0) is 54.5 Å². The summed E-state index contributed by atoms with van der Waals surface area (Å²) in [6, 6.07) is 8.94. The fourth-order valence-corrected chi connectivity index (χ4v) is 3.57. The van der Waals surface area contributed by atoms with Crippen LogP contribution in [0, 0.1) is 0 Å². The van der Waals surface area contributed by atoms with Gasteiger partial charge in [-0.3, -0.25) is 9.59 Å². The first-order valence-corrected chi connectivity index (χ1v) is 9.57. The average Bonchev–Trinajstić information content (AvgIpc) is 3.39. The van der Waals surface area contributed by atoms with Gasteiger partial charge >= 0.3 is 6.18 Å². The third-order valence-corrected chi connectivity index (χ3v) is 5.24. The molecule has 4 rings (SSSR count). The SMILES string of the molecule is CC(=O)N1CCc2cc(C(=O)[C@H](C)n3nnc(-c4cccc(C(F)(F)F)c4)n3)ccc21. The zero-order valence-electron chi connectivity index (χ0n) is 16.7. The van der Waals surface area contributed by atoms with Gasteiger partial charge in [-0.15, -0.1) is 10.2 Å². The molecule has 2 aromatic carbocycles. The lowest BCUT2D eigenvalue weighted by molar-refractivity contribution is -0.137. The average molecular weight is 429 g/mol. The van der Waals surface area contributed by atoms with Crippen LogP contribution in [0.2, 0.25) is 0 Å². The number of Topliss-reactive ketones (excluding diaryl/α,β-unsaturated/α-hetero) is 1. The van der Waals surface area contributed by atoms with Crippen molar-refractivity contribution in [2.45, 2.75) is 32.5 Å². The van der Waals surface area contributed by atoms with Crippen molar-refractivity contribution in [1.82, 2.24) is 20.2 Å². The number of anilines is 1. The van der Waals surface area contributed by atoms with Gasteiger partial charge in [-0.1, -0.05) is 12.1 Å². The Morgan fingerprint density at radius 3 is 2.61 bits per heavy atom. The Bertz CT molecular complexity index is 1170. The quantitative estimate of drug-likeness (QED) is 0.591. The monoisotopic (exact) mass is 429 g/mol. The van der Waals surface area contributed by atoms with Crippen molar-refractivity contribution in [3.05, 3.63) is 59.2 Å². The first-order chi connectivity index (χ1) is 14.6. The van der Waals surface area contributed by atoms with Crippen LogP contribution in [0.15, 0.2) is 42.5 Å². The summed E-state index contributed by atoms with van der Waals surface area (Å²) in [5.74, 6) is -0.325. The van der Waals surface area contributed by atoms with Gasteiger partial charge in [0, 0.05) is 30.3 Å². The Morgan fingerprint density at radius 1 is 1.13 bits per heavy atom. The van der Waals surface area contributed by atoms with Gasteiger partial charge in [0.05, 0.1) is 5.56 Å². The van der Waals surface area contributed by atoms with Crippen molar-refractivity contribution in [2.24, 2.45) is 0 Å². The van der Waals surface area contributed by atoms with Gasteiger partial charge in [0.1, 0.15) is 6.04 Å². The van der Waals surface area contributed by atoms with Crippen LogP contribution >= 0.6 is 0 Å². The molecule has 31 heavy (non-hydrogen) atoms. The van der Waals surface area contributed by atoms with Crippen LogP contribution in [0.1, 0.15) is 41.4 Å². The van der Waals surface area contributed by atoms with Crippen molar-refractivity contribution in [1.29, 1.82) is 0 Å². The number of benzene rings is 2. The molecule has 160 valence electrons. The number of aromatic nitrogens is 4. The summed E-state index contributed by atoms with van der Waals surface area (Å²) < 4.78 is 38.8. The molecule has 1 aromatic heterocycles. The lowest BCUT2D eigenvalue weighted by atomic mass is 10.0. The second-order valence-corrected chi connectivity index (χ2v) is 7.32. The van der Waals surface area contributed by atoms with E-state index in [0.717, 1.165) is 28.2 Å². The van der Waals surface area contributed by atoms with E-state index in [-0.39, 0.29) is 23.1 Å². The molecule has 0 saturated carbocycles. The van der Waals surface area contributed by atoms with E-state index in [1.807, 2.05) is 0 Å². The minimum atomic E-state index is -4.49. The molecule has 1 amide bonds. The first-order valence-electron chi connectivity index (χ1n) is 9.57. The first kappa shape index (κ1) is 20.7. The summed E-state index contributed by atoms with van der Waals surface area (Å²) in [4.78, 5) is 27.4. The largest absolute Gasteiger partial charge is 0.416 e. The number of alkyl halides is 3. The second kappa shape index (κ2) is 7.60. The molecule has 0 unspecified atom stereocenters. The predicted molar refractivity (Wildman–Crippen MR) is 105 cm³/mol. The van der Waals surface area contributed by atoms with Crippen LogP contribution in [0.5, 0.6) is 0 Å². The number of nitrogens with zero attached hydrogens (tertiary/aromatic N) is 5. The van der Waals surface area contributed by atoms with Crippen molar-refractivity contribution in [3.63, 3.8) is 0 Å². The van der Waals surface area contributed by atoms with Gasteiger partial charge in [0.15, 0.2) is 5.78 Å². The smallest absolute Gasteiger partial charge is 0.312 e. The van der Waals surface area contributed by atoms with Crippen LogP contribution in [0.3, 0.4) is 0 Å². The molecule has 0 bridgehead atoms. The highest BCUT2D eigenvalue weighted by molar-refractivity contribution is 6.00. The molecular weight excluding hydrogens is 411 g/mol. The van der Waals surface area contributed by atoms with E-state index in [2.05, 4.69) is 15.4 Å². The fourth-order valence-electron chi connectivity index (χ4n) is 3.57. The summed E-state index contributed by atoms with van der Waals surface area (Å²) in [6.07, 6.45) is -3.83. The Morgan fingerprint density at radius 2 is 1.90 bits per heavy atom. The van der Waals surface area contributed by atoms with Crippen LogP contribution in [-0.4, -0.2) is 38.4 Å². The number of halogens is 3. The van der Waals surface area contributed by atoms with Gasteiger partial charge < -0.3 is 4.90 Å². The Balaban J connectivity index is 1.56. The molecule has 0 saturated heterocycles. The highest BCUT2D eigenvalue weighted by Gasteiger charge is 2.31. The van der Waals surface area contributed by atoms with E-state index in [0.29, 0.717) is 18.5 Å². The Labute approximate surface area is 175 Å². The van der Waals surface area contributed by atoms with E-state index in [1.165, 1.54) is 19.1 Å². The van der Waals surface area contributed by atoms with Crippen LogP contribution in [-0.2, 0) is 17.4 Å². The molecule has 1 aliphatic heterocycles. The minimum absolute atomic E-state index is 0.00296. The lowest BCUT2D eigenvalue weighted by Crippen LogP contribution is -2.25. The van der Waals surface area contributed by atoms with Gasteiger partial charge in [0.25, 0.3) is 0 Å². The van der Waals surface area contributed by atoms with E-state index >= 15 is 0 Å². The zero-order chi connectivity index (χ0) is 22.3. The minimum Gasteiger partial charge on any atom is -0.312 e. The molecule has 1 atom stereocenters. The Hall–Kier alpha value is -3.56. The number of carbonyl (C=O) groups is 2. The summed E-state index contributed by atoms with van der Waals surface area (Å²) in [6.45, 7) is 3.66. The third kappa shape index (κ3) is 3.92. The maximum Gasteiger partial charge on any atom is 0.416 e. The molecule has 2 heterocycles. The molecule has 0 spiro atoms. The van der Waals surface area contributed by atoms with Gasteiger partial charge in [0.2, 0.25) is 11.7 Å². The molecule has 1 aliphatic rings. The zero-order valence-corrected chi connectivity index (χ0v) is 16.7. The molecule has 0 aliphatic carbocycles. The van der Waals surface area contributed by atoms with Crippen molar-refractivity contribution >= 4 is 17.4 Å². The number of hydrogen-bond acceptors (Lipinski definition) is 5. The van der Waals surface area contributed by atoms with Crippen LogP contribution < -0.4 is 4.90 Å². The molecule has 10 heteroatoms. The van der Waals surface area contributed by atoms with E-state index < -0.39 is 17.8 Å². The van der Waals surface area contributed by atoms with Crippen molar-refractivity contribution in [2.75, 3.05) is 11.4 Å². The predicted octanol–water partition coefficient (Wildman–Crippen LogP) is 3.71. The molecule has 0 radical (unpaired) electrons. The molecule has 0 fully saturated rings. The number of amides is 1. The number of rotatable bonds is 4. The standard InChI is InChI=1S/C21H18F3N5O2/c1-12(19(31)15-6-7-18-14(10-15)8-9-28(18)13(2)30)29-26-20(25-27-29)16-4-3-5-17(11-16)21(22,23)24/h3-7,10-12H,8-9H2,1-2H3/t12-/m0/s1. The van der Waals surface area contributed by atoms with Crippen molar-refractivity contribution in [3.8, 4) is 11.4 Å². The van der Waals surface area contributed by atoms with E-state index in [9.17, 15) is 22.8 Å². The normalized spacial score (nSPS) is 14.4. The third-order valence-electron chi connectivity index (χ3n) is 5.24. The number of carbonyl (C=O) groups excluding carboxylic acids is 2. The molecular formula is C21H18F3N5O2. The second-order valence-electron chi connectivity index (χ2n) is 7.32. The van der Waals surface area contributed by atoms with Crippen LogP contribution in [0.25, 0.3) is 11.4 Å². The van der Waals surface area contributed by atoms with Crippen LogP contribution in [0.4, 0.5) is 18.9 Å². The number of tetrazole rings is 1. The summed E-state index contributed by atoms with van der Waals surface area (Å²) >= 11 is 0. The van der Waals surface area contributed by atoms with E-state index in [4.69, 9.17) is 0 Å². The lowest BCUT2D eigenvalue weighted by Gasteiger charge is -2.15. The maximum atomic E-state index is 12.9. The van der Waals surface area contributed by atoms with E-state index in [1.54, 1.807) is 30.0 Å². The summed E-state index contributed by atoms with van der Waals surface area (Å²) in [7, 11) is 0. The maximum absolute atomic E-state index is 12.9.